The van der Waals surface area contributed by atoms with E-state index in [0.29, 0.717) is 29.6 Å². The molecule has 0 aliphatic carbocycles. The molecule has 0 aromatic carbocycles. The number of nitrogens with zero attached hydrogens (tertiary/aromatic N) is 3. The lowest BCUT2D eigenvalue weighted by Gasteiger charge is -2.30. The van der Waals surface area contributed by atoms with E-state index in [1.807, 2.05) is 23.1 Å². The van der Waals surface area contributed by atoms with Crippen molar-refractivity contribution in [2.24, 2.45) is 11.8 Å². The van der Waals surface area contributed by atoms with Crippen LogP contribution in [0.3, 0.4) is 0 Å². The van der Waals surface area contributed by atoms with Gasteiger partial charge in [0, 0.05) is 25.8 Å². The summed E-state index contributed by atoms with van der Waals surface area (Å²) < 4.78 is 1.71. The van der Waals surface area contributed by atoms with Crippen molar-refractivity contribution in [3.8, 4) is 0 Å². The van der Waals surface area contributed by atoms with Crippen LogP contribution in [0.5, 0.6) is 0 Å². The first-order chi connectivity index (χ1) is 12.5. The number of likely N-dealkylation sites (tertiary alicyclic amines) is 1. The number of pyridine rings is 1. The molecule has 1 N–H and O–H groups in total. The predicted molar refractivity (Wildman–Crippen MR) is 101 cm³/mol. The van der Waals surface area contributed by atoms with Gasteiger partial charge >= 0.3 is 0 Å². The van der Waals surface area contributed by atoms with E-state index in [-0.39, 0.29) is 17.6 Å². The van der Waals surface area contributed by atoms with Crippen LogP contribution in [-0.2, 0) is 0 Å². The number of hydrogen-bond donors (Lipinski definition) is 1. The fraction of sp³-hybridized carbons (Fsp3) is 0.550. The van der Waals surface area contributed by atoms with E-state index in [9.17, 15) is 9.59 Å². The van der Waals surface area contributed by atoms with Gasteiger partial charge in [0.1, 0.15) is 0 Å². The highest BCUT2D eigenvalue weighted by atomic mass is 16.2. The van der Waals surface area contributed by atoms with Crippen LogP contribution >= 0.6 is 0 Å². The zero-order valence-corrected chi connectivity index (χ0v) is 15.9. The summed E-state index contributed by atoms with van der Waals surface area (Å²) in [5, 5.41) is 2.91. The Morgan fingerprint density at radius 1 is 1.35 bits per heavy atom. The number of amides is 2. The summed E-state index contributed by atoms with van der Waals surface area (Å²) >= 11 is 0. The summed E-state index contributed by atoms with van der Waals surface area (Å²) in [6, 6.07) is 5.56. The highest BCUT2D eigenvalue weighted by Gasteiger charge is 2.27. The Bertz CT molecular complexity index is 796. The van der Waals surface area contributed by atoms with Crippen molar-refractivity contribution in [2.75, 3.05) is 19.6 Å². The quantitative estimate of drug-likeness (QED) is 0.896. The molecule has 1 saturated heterocycles. The van der Waals surface area contributed by atoms with Crippen LogP contribution in [0.4, 0.5) is 0 Å². The van der Waals surface area contributed by atoms with Crippen molar-refractivity contribution in [1.82, 2.24) is 19.6 Å². The molecular formula is C20H28N4O2. The van der Waals surface area contributed by atoms with Crippen LogP contribution in [0.25, 0.3) is 5.52 Å². The van der Waals surface area contributed by atoms with Gasteiger partial charge in [-0.1, -0.05) is 26.8 Å². The number of nitrogens with one attached hydrogen (secondary N) is 1. The van der Waals surface area contributed by atoms with E-state index in [0.717, 1.165) is 32.4 Å². The van der Waals surface area contributed by atoms with Crippen LogP contribution < -0.4 is 5.32 Å². The molecule has 2 amide bonds. The number of rotatable bonds is 5. The molecule has 2 aromatic rings. The van der Waals surface area contributed by atoms with Crippen LogP contribution in [0, 0.1) is 11.8 Å². The molecule has 0 spiro atoms. The SMILES string of the molecule is CC(C)CCNC(=O)c1nc(C(=O)N2CCCC(C)C2)c2ccccn12. The average Bonchev–Trinajstić information content (AvgIpc) is 3.00. The van der Waals surface area contributed by atoms with Crippen molar-refractivity contribution in [3.63, 3.8) is 0 Å². The summed E-state index contributed by atoms with van der Waals surface area (Å²) in [5.41, 5.74) is 1.05. The van der Waals surface area contributed by atoms with E-state index in [2.05, 4.69) is 31.1 Å². The number of carbonyl (C=O) groups is 2. The van der Waals surface area contributed by atoms with Gasteiger partial charge in [0.25, 0.3) is 11.8 Å². The molecule has 1 unspecified atom stereocenters. The van der Waals surface area contributed by atoms with Crippen LogP contribution in [-0.4, -0.2) is 45.7 Å². The van der Waals surface area contributed by atoms with Gasteiger partial charge in [-0.15, -0.1) is 0 Å². The maximum absolute atomic E-state index is 13.0. The molecule has 0 bridgehead atoms. The van der Waals surface area contributed by atoms with Crippen molar-refractivity contribution in [3.05, 3.63) is 35.9 Å². The minimum absolute atomic E-state index is 0.0820. The predicted octanol–water partition coefficient (Wildman–Crippen LogP) is 2.98. The maximum atomic E-state index is 13.0. The molecule has 1 aliphatic heterocycles. The Morgan fingerprint density at radius 3 is 2.88 bits per heavy atom. The van der Waals surface area contributed by atoms with Gasteiger partial charge < -0.3 is 10.2 Å². The molecule has 1 fully saturated rings. The third-order valence-electron chi connectivity index (χ3n) is 4.91. The molecule has 6 nitrogen and oxygen atoms in total. The summed E-state index contributed by atoms with van der Waals surface area (Å²) in [5.74, 6) is 0.975. The van der Waals surface area contributed by atoms with Crippen molar-refractivity contribution in [2.45, 2.75) is 40.0 Å². The zero-order valence-electron chi connectivity index (χ0n) is 15.9. The van der Waals surface area contributed by atoms with E-state index in [4.69, 9.17) is 0 Å². The van der Waals surface area contributed by atoms with Gasteiger partial charge in [-0.05, 0) is 43.2 Å². The molecule has 0 saturated carbocycles. The molecule has 3 rings (SSSR count). The third-order valence-corrected chi connectivity index (χ3v) is 4.91. The van der Waals surface area contributed by atoms with Crippen LogP contribution in [0.1, 0.15) is 61.1 Å². The Kier molecular flexibility index (Phi) is 5.59. The molecule has 140 valence electrons. The fourth-order valence-corrected chi connectivity index (χ4v) is 3.43. The average molecular weight is 356 g/mol. The summed E-state index contributed by atoms with van der Waals surface area (Å²) in [6.07, 6.45) is 4.86. The van der Waals surface area contributed by atoms with Gasteiger partial charge in [-0.3, -0.25) is 14.0 Å². The molecule has 3 heterocycles. The van der Waals surface area contributed by atoms with Crippen molar-refractivity contribution in [1.29, 1.82) is 0 Å². The van der Waals surface area contributed by atoms with E-state index in [1.165, 1.54) is 0 Å². The number of imidazole rings is 1. The highest BCUT2D eigenvalue weighted by Crippen LogP contribution is 2.20. The lowest BCUT2D eigenvalue weighted by Crippen LogP contribution is -2.39. The monoisotopic (exact) mass is 356 g/mol. The Labute approximate surface area is 154 Å². The Morgan fingerprint density at radius 2 is 2.15 bits per heavy atom. The van der Waals surface area contributed by atoms with E-state index < -0.39 is 0 Å². The van der Waals surface area contributed by atoms with Gasteiger partial charge in [0.2, 0.25) is 5.82 Å². The van der Waals surface area contributed by atoms with Crippen LogP contribution in [0.2, 0.25) is 0 Å². The van der Waals surface area contributed by atoms with Gasteiger partial charge in [0.05, 0.1) is 5.52 Å². The highest BCUT2D eigenvalue weighted by molar-refractivity contribution is 6.02. The summed E-state index contributed by atoms with van der Waals surface area (Å²) in [6.45, 7) is 8.51. The zero-order chi connectivity index (χ0) is 18.7. The number of piperidine rings is 1. The Hall–Kier alpha value is -2.37. The van der Waals surface area contributed by atoms with E-state index in [1.54, 1.807) is 10.6 Å². The topological polar surface area (TPSA) is 66.7 Å². The standard InChI is InChI=1S/C20H28N4O2/c1-14(2)9-10-21-19(25)18-22-17(16-8-4-5-12-24(16)18)20(26)23-11-6-7-15(3)13-23/h4-5,8,12,14-15H,6-7,9-11,13H2,1-3H3,(H,21,25). The molecule has 1 atom stereocenters. The minimum atomic E-state index is -0.238. The number of carbonyl (C=O) groups excluding carboxylic acids is 2. The number of hydrogen-bond acceptors (Lipinski definition) is 3. The van der Waals surface area contributed by atoms with Gasteiger partial charge in [0.15, 0.2) is 5.69 Å². The van der Waals surface area contributed by atoms with Gasteiger partial charge in [-0.2, -0.15) is 0 Å². The smallest absolute Gasteiger partial charge is 0.287 e. The molecule has 1 aliphatic rings. The molecule has 26 heavy (non-hydrogen) atoms. The second-order valence-electron chi connectivity index (χ2n) is 7.68. The van der Waals surface area contributed by atoms with E-state index >= 15 is 0 Å². The lowest BCUT2D eigenvalue weighted by atomic mass is 10.00. The second kappa shape index (κ2) is 7.89. The minimum Gasteiger partial charge on any atom is -0.349 e. The van der Waals surface area contributed by atoms with Crippen LogP contribution in [0.15, 0.2) is 24.4 Å². The fourth-order valence-electron chi connectivity index (χ4n) is 3.43. The summed E-state index contributed by atoms with van der Waals surface area (Å²) in [7, 11) is 0. The maximum Gasteiger partial charge on any atom is 0.287 e. The molecule has 0 radical (unpaired) electrons. The third kappa shape index (κ3) is 3.89. The second-order valence-corrected chi connectivity index (χ2v) is 7.68. The van der Waals surface area contributed by atoms with Crippen molar-refractivity contribution >= 4 is 17.3 Å². The summed E-state index contributed by atoms with van der Waals surface area (Å²) in [4.78, 5) is 31.9. The molecule has 6 heteroatoms. The largest absolute Gasteiger partial charge is 0.349 e. The number of aromatic nitrogens is 2. The lowest BCUT2D eigenvalue weighted by molar-refractivity contribution is 0.0679. The number of fused-ring (bicyclic) bond motifs is 1. The molecule has 2 aromatic heterocycles. The normalized spacial score (nSPS) is 17.7. The first kappa shape index (κ1) is 18.4. The first-order valence-electron chi connectivity index (χ1n) is 9.52. The van der Waals surface area contributed by atoms with Crippen molar-refractivity contribution < 1.29 is 9.59 Å². The van der Waals surface area contributed by atoms with Gasteiger partial charge in [-0.25, -0.2) is 4.98 Å². The molecular weight excluding hydrogens is 328 g/mol. The Balaban J connectivity index is 1.87. The first-order valence-corrected chi connectivity index (χ1v) is 9.52.